The van der Waals surface area contributed by atoms with Crippen LogP contribution in [0.15, 0.2) is 71.6 Å². The van der Waals surface area contributed by atoms with Crippen LogP contribution in [-0.4, -0.2) is 20.9 Å². The second-order valence-corrected chi connectivity index (χ2v) is 9.63. The second kappa shape index (κ2) is 9.54. The third kappa shape index (κ3) is 5.46. The van der Waals surface area contributed by atoms with E-state index in [9.17, 15) is 13.2 Å². The van der Waals surface area contributed by atoms with E-state index in [1.54, 1.807) is 12.1 Å². The van der Waals surface area contributed by atoms with Crippen molar-refractivity contribution >= 4 is 38.9 Å². The number of nitrogens with one attached hydrogen (secondary N) is 1. The van der Waals surface area contributed by atoms with Crippen LogP contribution in [0.4, 0.5) is 11.4 Å². The lowest BCUT2D eigenvalue weighted by atomic mass is 10.1. The summed E-state index contributed by atoms with van der Waals surface area (Å²) >= 11 is 5.92. The number of halogens is 1. The van der Waals surface area contributed by atoms with Gasteiger partial charge in [0.15, 0.2) is 0 Å². The molecule has 1 N–H and O–H groups in total. The van der Waals surface area contributed by atoms with Crippen molar-refractivity contribution in [3.05, 3.63) is 88.4 Å². The van der Waals surface area contributed by atoms with Crippen molar-refractivity contribution in [1.82, 2.24) is 0 Å². The highest BCUT2D eigenvalue weighted by atomic mass is 35.5. The lowest BCUT2D eigenvalue weighted by molar-refractivity contribution is -0.114. The highest BCUT2D eigenvalue weighted by Crippen LogP contribution is 2.26. The van der Waals surface area contributed by atoms with Crippen molar-refractivity contribution in [2.24, 2.45) is 0 Å². The molecular weight excluding hydrogens is 432 g/mol. The van der Waals surface area contributed by atoms with Gasteiger partial charge in [0.05, 0.1) is 10.6 Å². The molecule has 5 nitrogen and oxygen atoms in total. The quantitative estimate of drug-likeness (QED) is 0.520. The highest BCUT2D eigenvalue weighted by molar-refractivity contribution is 7.92. The summed E-state index contributed by atoms with van der Waals surface area (Å²) < 4.78 is 28.0. The predicted octanol–water partition coefficient (Wildman–Crippen LogP) is 5.35. The van der Waals surface area contributed by atoms with E-state index in [0.717, 1.165) is 27.4 Å². The third-order valence-corrected chi connectivity index (χ3v) is 7.15. The second-order valence-electron chi connectivity index (χ2n) is 7.33. The molecule has 0 aliphatic heterocycles. The fourth-order valence-electron chi connectivity index (χ4n) is 3.08. The van der Waals surface area contributed by atoms with E-state index in [2.05, 4.69) is 12.2 Å². The molecule has 0 atom stereocenters. The molecule has 0 bridgehead atoms. The smallest absolute Gasteiger partial charge is 0.264 e. The van der Waals surface area contributed by atoms with Crippen molar-refractivity contribution in [3.8, 4) is 0 Å². The summed E-state index contributed by atoms with van der Waals surface area (Å²) in [6.07, 6.45) is 0.897. The van der Waals surface area contributed by atoms with Gasteiger partial charge in [-0.15, -0.1) is 0 Å². The number of hydrogen-bond donors (Lipinski definition) is 1. The van der Waals surface area contributed by atoms with E-state index in [0.29, 0.717) is 16.4 Å². The molecular formula is C24H25ClN2O3S. The fraction of sp³-hybridized carbons (Fsp3) is 0.208. The zero-order valence-electron chi connectivity index (χ0n) is 17.7. The molecule has 0 aliphatic carbocycles. The average Bonchev–Trinajstić information content (AvgIpc) is 2.75. The molecule has 1 amide bonds. The van der Waals surface area contributed by atoms with E-state index in [4.69, 9.17) is 11.6 Å². The SMILES string of the molecule is CCc1ccc(NC(=O)CN(c2ccc(C)c(C)c2)S(=O)(=O)c2ccc(Cl)cc2)cc1. The third-order valence-electron chi connectivity index (χ3n) is 5.11. The first-order valence-corrected chi connectivity index (χ1v) is 11.8. The van der Waals surface area contributed by atoms with Crippen LogP contribution in [0.5, 0.6) is 0 Å². The molecule has 0 aliphatic rings. The molecule has 3 aromatic carbocycles. The lowest BCUT2D eigenvalue weighted by Gasteiger charge is -2.25. The Kier molecular flexibility index (Phi) is 7.03. The molecule has 0 saturated carbocycles. The minimum absolute atomic E-state index is 0.0650. The molecule has 0 heterocycles. The van der Waals surface area contributed by atoms with Crippen LogP contribution in [0.2, 0.25) is 5.02 Å². The summed E-state index contributed by atoms with van der Waals surface area (Å²) in [6, 6.07) is 18.7. The molecule has 31 heavy (non-hydrogen) atoms. The standard InChI is InChI=1S/C24H25ClN2O3S/c1-4-19-6-10-21(11-7-19)26-24(28)16-27(22-12-5-17(2)18(3)15-22)31(29,30)23-13-8-20(25)9-14-23/h5-15H,4,16H2,1-3H3,(H,26,28). The zero-order chi connectivity index (χ0) is 22.6. The summed E-state index contributed by atoms with van der Waals surface area (Å²) in [5.41, 5.74) is 4.16. The largest absolute Gasteiger partial charge is 0.325 e. The van der Waals surface area contributed by atoms with Gasteiger partial charge in [-0.1, -0.05) is 36.7 Å². The van der Waals surface area contributed by atoms with Crippen LogP contribution in [-0.2, 0) is 21.2 Å². The van der Waals surface area contributed by atoms with Gasteiger partial charge in [-0.05, 0) is 85.5 Å². The van der Waals surface area contributed by atoms with E-state index in [1.807, 2.05) is 44.2 Å². The number of amides is 1. The maximum atomic E-state index is 13.4. The van der Waals surface area contributed by atoms with Gasteiger partial charge in [0, 0.05) is 10.7 Å². The van der Waals surface area contributed by atoms with Gasteiger partial charge in [-0.3, -0.25) is 9.10 Å². The molecule has 0 saturated heterocycles. The first-order chi connectivity index (χ1) is 14.7. The molecule has 0 spiro atoms. The first-order valence-electron chi connectivity index (χ1n) is 9.95. The Balaban J connectivity index is 1.94. The van der Waals surface area contributed by atoms with Crippen LogP contribution in [0.3, 0.4) is 0 Å². The summed E-state index contributed by atoms with van der Waals surface area (Å²) in [5, 5.41) is 3.22. The lowest BCUT2D eigenvalue weighted by Crippen LogP contribution is -2.38. The average molecular weight is 457 g/mol. The minimum Gasteiger partial charge on any atom is -0.325 e. The Morgan fingerprint density at radius 2 is 1.58 bits per heavy atom. The van der Waals surface area contributed by atoms with Crippen LogP contribution >= 0.6 is 11.6 Å². The van der Waals surface area contributed by atoms with Gasteiger partial charge in [-0.2, -0.15) is 0 Å². The van der Waals surface area contributed by atoms with E-state index < -0.39 is 15.9 Å². The molecule has 162 valence electrons. The van der Waals surface area contributed by atoms with Gasteiger partial charge in [-0.25, -0.2) is 8.42 Å². The molecule has 0 aromatic heterocycles. The maximum absolute atomic E-state index is 13.4. The summed E-state index contributed by atoms with van der Waals surface area (Å²) in [6.45, 7) is 5.55. The van der Waals surface area contributed by atoms with E-state index >= 15 is 0 Å². The van der Waals surface area contributed by atoms with Crippen molar-refractivity contribution in [2.75, 3.05) is 16.2 Å². The van der Waals surface area contributed by atoms with Gasteiger partial charge in [0.25, 0.3) is 10.0 Å². The van der Waals surface area contributed by atoms with Crippen molar-refractivity contribution in [3.63, 3.8) is 0 Å². The number of carbonyl (C=O) groups excluding carboxylic acids is 1. The Bertz CT molecular complexity index is 1170. The van der Waals surface area contributed by atoms with Gasteiger partial charge in [0.1, 0.15) is 6.54 Å². The maximum Gasteiger partial charge on any atom is 0.264 e. The number of anilines is 2. The van der Waals surface area contributed by atoms with Crippen LogP contribution < -0.4 is 9.62 Å². The molecule has 3 aromatic rings. The summed E-state index contributed by atoms with van der Waals surface area (Å²) in [7, 11) is -3.98. The molecule has 7 heteroatoms. The fourth-order valence-corrected chi connectivity index (χ4v) is 4.62. The highest BCUT2D eigenvalue weighted by Gasteiger charge is 2.27. The number of sulfonamides is 1. The minimum atomic E-state index is -3.98. The molecule has 0 fully saturated rings. The van der Waals surface area contributed by atoms with E-state index in [1.165, 1.54) is 24.3 Å². The van der Waals surface area contributed by atoms with Crippen LogP contribution in [0.25, 0.3) is 0 Å². The van der Waals surface area contributed by atoms with Gasteiger partial charge < -0.3 is 5.32 Å². The summed E-state index contributed by atoms with van der Waals surface area (Å²) in [4.78, 5) is 12.9. The first kappa shape index (κ1) is 22.8. The van der Waals surface area contributed by atoms with Gasteiger partial charge >= 0.3 is 0 Å². The number of nitrogens with zero attached hydrogens (tertiary/aromatic N) is 1. The van der Waals surface area contributed by atoms with Crippen molar-refractivity contribution in [2.45, 2.75) is 32.1 Å². The number of rotatable bonds is 7. The summed E-state index contributed by atoms with van der Waals surface area (Å²) in [5.74, 6) is -0.431. The predicted molar refractivity (Wildman–Crippen MR) is 126 cm³/mol. The molecule has 3 rings (SSSR count). The number of aryl methyl sites for hydroxylation is 3. The molecule has 0 unspecified atom stereocenters. The topological polar surface area (TPSA) is 66.5 Å². The van der Waals surface area contributed by atoms with Crippen molar-refractivity contribution < 1.29 is 13.2 Å². The Hall–Kier alpha value is -2.83. The van der Waals surface area contributed by atoms with E-state index in [-0.39, 0.29) is 11.4 Å². The number of carbonyl (C=O) groups is 1. The van der Waals surface area contributed by atoms with Crippen LogP contribution in [0.1, 0.15) is 23.6 Å². The Morgan fingerprint density at radius 1 is 0.935 bits per heavy atom. The number of hydrogen-bond acceptors (Lipinski definition) is 3. The monoisotopic (exact) mass is 456 g/mol. The number of benzene rings is 3. The van der Waals surface area contributed by atoms with Gasteiger partial charge in [0.2, 0.25) is 5.91 Å². The van der Waals surface area contributed by atoms with Crippen molar-refractivity contribution in [1.29, 1.82) is 0 Å². The Labute approximate surface area is 188 Å². The normalized spacial score (nSPS) is 11.2. The Morgan fingerprint density at radius 3 is 2.16 bits per heavy atom. The van der Waals surface area contributed by atoms with Crippen LogP contribution in [0, 0.1) is 13.8 Å². The molecule has 0 radical (unpaired) electrons. The zero-order valence-corrected chi connectivity index (χ0v) is 19.3.